The molecule has 0 bridgehead atoms. The van der Waals surface area contributed by atoms with Crippen molar-refractivity contribution >= 4 is 5.97 Å². The molecule has 1 N–H and O–H groups in total. The molecule has 0 atom stereocenters. The second-order valence-corrected chi connectivity index (χ2v) is 4.55. The lowest BCUT2D eigenvalue weighted by Crippen LogP contribution is -2.30. The smallest absolute Gasteiger partial charge is 0.312 e. The van der Waals surface area contributed by atoms with Gasteiger partial charge >= 0.3 is 5.97 Å². The third-order valence-corrected chi connectivity index (χ3v) is 2.82. The van der Waals surface area contributed by atoms with E-state index in [1.165, 1.54) is 7.11 Å². The molecule has 0 saturated carbocycles. The summed E-state index contributed by atoms with van der Waals surface area (Å²) < 4.78 is 10.1. The first-order valence-electron chi connectivity index (χ1n) is 5.06. The maximum Gasteiger partial charge on any atom is 0.312 e. The average molecular weight is 222 g/mol. The molecule has 4 nitrogen and oxygen atoms in total. The van der Waals surface area contributed by atoms with E-state index in [0.29, 0.717) is 17.9 Å². The number of aromatic hydroxyl groups is 1. The van der Waals surface area contributed by atoms with E-state index >= 15 is 0 Å². The van der Waals surface area contributed by atoms with E-state index in [1.807, 2.05) is 13.8 Å². The molecule has 0 unspecified atom stereocenters. The van der Waals surface area contributed by atoms with Gasteiger partial charge in [0, 0.05) is 17.0 Å². The summed E-state index contributed by atoms with van der Waals surface area (Å²) in [4.78, 5) is 11.4. The first-order chi connectivity index (χ1) is 7.44. The second-order valence-electron chi connectivity index (χ2n) is 4.55. The summed E-state index contributed by atoms with van der Waals surface area (Å²) in [6.45, 7) is 3.89. The van der Waals surface area contributed by atoms with E-state index in [1.54, 1.807) is 12.1 Å². The number of phenols is 1. The molecule has 1 aromatic rings. The third kappa shape index (κ3) is 1.60. The van der Waals surface area contributed by atoms with Gasteiger partial charge in [-0.05, 0) is 6.07 Å². The predicted octanol–water partition coefficient (Wildman–Crippen LogP) is 1.99. The molecule has 16 heavy (non-hydrogen) atoms. The molecule has 1 aromatic carbocycles. The van der Waals surface area contributed by atoms with Crippen LogP contribution in [0.4, 0.5) is 0 Å². The third-order valence-electron chi connectivity index (χ3n) is 2.82. The van der Waals surface area contributed by atoms with E-state index in [-0.39, 0.29) is 17.1 Å². The minimum absolute atomic E-state index is 0.0623. The Labute approximate surface area is 93.8 Å². The summed E-state index contributed by atoms with van der Waals surface area (Å²) in [5.74, 6) is 0.581. The summed E-state index contributed by atoms with van der Waals surface area (Å²) in [6.07, 6.45) is 0.311. The van der Waals surface area contributed by atoms with Gasteiger partial charge in [0.05, 0.1) is 13.5 Å². The van der Waals surface area contributed by atoms with E-state index < -0.39 is 0 Å². The van der Waals surface area contributed by atoms with E-state index in [4.69, 9.17) is 9.47 Å². The molecule has 0 amide bonds. The lowest BCUT2D eigenvalue weighted by Gasteiger charge is -2.31. The molecule has 0 aliphatic carbocycles. The molecule has 1 aliphatic rings. The number of carbonyl (C=O) groups is 1. The molecule has 1 aliphatic heterocycles. The van der Waals surface area contributed by atoms with Gasteiger partial charge in [-0.15, -0.1) is 0 Å². The van der Waals surface area contributed by atoms with E-state index in [0.717, 1.165) is 5.56 Å². The zero-order valence-electron chi connectivity index (χ0n) is 9.53. The molecule has 0 saturated heterocycles. The summed E-state index contributed by atoms with van der Waals surface area (Å²) in [5, 5.41) is 9.70. The van der Waals surface area contributed by atoms with Crippen LogP contribution in [0, 0.1) is 0 Å². The van der Waals surface area contributed by atoms with Gasteiger partial charge in [-0.25, -0.2) is 0 Å². The van der Waals surface area contributed by atoms with Crippen molar-refractivity contribution in [1.82, 2.24) is 0 Å². The Morgan fingerprint density at radius 2 is 2.12 bits per heavy atom. The zero-order chi connectivity index (χ0) is 11.9. The van der Waals surface area contributed by atoms with Crippen LogP contribution in [0.3, 0.4) is 0 Å². The highest BCUT2D eigenvalue weighted by Crippen LogP contribution is 2.44. The zero-order valence-corrected chi connectivity index (χ0v) is 9.53. The molecule has 0 radical (unpaired) electrons. The number of benzene rings is 1. The Kier molecular flexibility index (Phi) is 2.30. The van der Waals surface area contributed by atoms with Crippen LogP contribution in [0.2, 0.25) is 0 Å². The fraction of sp³-hybridized carbons (Fsp3) is 0.417. The molecule has 0 fully saturated rings. The second kappa shape index (κ2) is 3.40. The van der Waals surface area contributed by atoms with Gasteiger partial charge in [0.1, 0.15) is 5.75 Å². The average Bonchev–Trinajstić information content (AvgIpc) is 2.17. The number of phenolic OH excluding ortho intramolecular Hbond substituents is 1. The summed E-state index contributed by atoms with van der Waals surface area (Å²) in [5.41, 5.74) is 0.499. The maximum absolute atomic E-state index is 11.4. The van der Waals surface area contributed by atoms with Gasteiger partial charge in [0.15, 0.2) is 11.5 Å². The van der Waals surface area contributed by atoms with Crippen LogP contribution in [0.25, 0.3) is 0 Å². The van der Waals surface area contributed by atoms with Crippen LogP contribution < -0.4 is 9.47 Å². The molecule has 2 rings (SSSR count). The fourth-order valence-corrected chi connectivity index (χ4v) is 1.94. The van der Waals surface area contributed by atoms with Gasteiger partial charge in [-0.1, -0.05) is 13.8 Å². The lowest BCUT2D eigenvalue weighted by molar-refractivity contribution is -0.136. The molecule has 0 aromatic heterocycles. The Bertz CT molecular complexity index is 449. The van der Waals surface area contributed by atoms with Crippen molar-refractivity contribution in [3.8, 4) is 17.2 Å². The van der Waals surface area contributed by atoms with Crippen LogP contribution in [0.1, 0.15) is 25.8 Å². The van der Waals surface area contributed by atoms with Crippen molar-refractivity contribution in [3.05, 3.63) is 17.7 Å². The Balaban J connectivity index is 2.59. The van der Waals surface area contributed by atoms with Crippen molar-refractivity contribution in [2.24, 2.45) is 0 Å². The molecule has 1 heterocycles. The van der Waals surface area contributed by atoms with Crippen LogP contribution >= 0.6 is 0 Å². The Hall–Kier alpha value is -1.71. The van der Waals surface area contributed by atoms with Crippen LogP contribution in [0.15, 0.2) is 12.1 Å². The number of ether oxygens (including phenoxy) is 2. The quantitative estimate of drug-likeness (QED) is 0.583. The van der Waals surface area contributed by atoms with Gasteiger partial charge in [-0.2, -0.15) is 0 Å². The summed E-state index contributed by atoms with van der Waals surface area (Å²) >= 11 is 0. The highest BCUT2D eigenvalue weighted by atomic mass is 16.5. The molecular weight excluding hydrogens is 208 g/mol. The molecule has 0 spiro atoms. The van der Waals surface area contributed by atoms with Crippen molar-refractivity contribution in [2.75, 3.05) is 7.11 Å². The van der Waals surface area contributed by atoms with E-state index in [9.17, 15) is 9.90 Å². The number of carbonyl (C=O) groups excluding carboxylic acids is 1. The summed E-state index contributed by atoms with van der Waals surface area (Å²) in [6, 6.07) is 3.14. The van der Waals surface area contributed by atoms with Crippen LogP contribution in [-0.2, 0) is 10.2 Å². The van der Waals surface area contributed by atoms with Crippen molar-refractivity contribution in [3.63, 3.8) is 0 Å². The SMILES string of the molecule is COc1cc2c(cc1O)C(C)(C)CC(=O)O2. The van der Waals surface area contributed by atoms with E-state index in [2.05, 4.69) is 0 Å². The van der Waals surface area contributed by atoms with Crippen molar-refractivity contribution in [2.45, 2.75) is 25.7 Å². The highest BCUT2D eigenvalue weighted by molar-refractivity contribution is 5.78. The number of hydrogen-bond donors (Lipinski definition) is 1. The number of hydrogen-bond acceptors (Lipinski definition) is 4. The standard InChI is InChI=1S/C12H14O4/c1-12(2)6-11(14)16-9-5-10(15-3)8(13)4-7(9)12/h4-5,13H,6H2,1-3H3. The van der Waals surface area contributed by atoms with Gasteiger partial charge in [0.25, 0.3) is 0 Å². The lowest BCUT2D eigenvalue weighted by atomic mass is 9.79. The first kappa shape index (κ1) is 10.8. The van der Waals surface area contributed by atoms with Gasteiger partial charge in [-0.3, -0.25) is 4.79 Å². The first-order valence-corrected chi connectivity index (χ1v) is 5.06. The fourth-order valence-electron chi connectivity index (χ4n) is 1.94. The molecular formula is C12H14O4. The maximum atomic E-state index is 11.4. The van der Waals surface area contributed by atoms with Gasteiger partial charge in [0.2, 0.25) is 0 Å². The highest BCUT2D eigenvalue weighted by Gasteiger charge is 2.34. The Morgan fingerprint density at radius 3 is 2.75 bits per heavy atom. The minimum Gasteiger partial charge on any atom is -0.504 e. The molecule has 4 heteroatoms. The Morgan fingerprint density at radius 1 is 1.44 bits per heavy atom. The number of methoxy groups -OCH3 is 1. The normalized spacial score (nSPS) is 17.6. The topological polar surface area (TPSA) is 55.8 Å². The largest absolute Gasteiger partial charge is 0.504 e. The van der Waals surface area contributed by atoms with Gasteiger partial charge < -0.3 is 14.6 Å². The minimum atomic E-state index is -0.325. The van der Waals surface area contributed by atoms with Crippen molar-refractivity contribution in [1.29, 1.82) is 0 Å². The predicted molar refractivity (Wildman–Crippen MR) is 57.9 cm³/mol. The monoisotopic (exact) mass is 222 g/mol. The number of esters is 1. The van der Waals surface area contributed by atoms with Crippen LogP contribution in [0.5, 0.6) is 17.2 Å². The summed E-state index contributed by atoms with van der Waals surface area (Å²) in [7, 11) is 1.46. The number of fused-ring (bicyclic) bond motifs is 1. The van der Waals surface area contributed by atoms with Crippen molar-refractivity contribution < 1.29 is 19.4 Å². The number of rotatable bonds is 1. The van der Waals surface area contributed by atoms with Crippen LogP contribution in [-0.4, -0.2) is 18.2 Å². The molecule has 86 valence electrons.